The summed E-state index contributed by atoms with van der Waals surface area (Å²) in [7, 11) is -0.921. The van der Waals surface area contributed by atoms with Gasteiger partial charge in [0.05, 0.1) is 14.0 Å². The summed E-state index contributed by atoms with van der Waals surface area (Å²) < 4.78 is 18.4. The molecular weight excluding hydrogens is 343 g/mol. The minimum Gasteiger partial charge on any atom is -0.426 e. The van der Waals surface area contributed by atoms with Crippen LogP contribution in [0.5, 0.6) is 5.75 Å². The molecule has 0 spiro atoms. The van der Waals surface area contributed by atoms with E-state index in [1.54, 1.807) is 0 Å². The number of hydrogen-bond acceptors (Lipinski definition) is 2. The average Bonchev–Trinajstić information content (AvgIpc) is 2.64. The van der Waals surface area contributed by atoms with Crippen molar-refractivity contribution in [2.45, 2.75) is 76.5 Å². The Hall–Kier alpha value is -1.16. The number of carbonyl (C=O) groups is 1. The first-order chi connectivity index (χ1) is 12.5. The Morgan fingerprint density at radius 3 is 2.19 bits per heavy atom. The normalized spacial score (nSPS) is 32.2. The molecule has 26 heavy (non-hydrogen) atoms. The molecule has 144 valence electrons. The molecule has 1 saturated heterocycles. The van der Waals surface area contributed by atoms with Crippen molar-refractivity contribution in [3.63, 3.8) is 0 Å². The number of benzene rings is 1. The number of ether oxygens (including phenoxy) is 1. The van der Waals surface area contributed by atoms with E-state index in [2.05, 4.69) is 13.5 Å². The summed E-state index contributed by atoms with van der Waals surface area (Å²) in [6, 6.07) is 10.2. The van der Waals surface area contributed by atoms with Crippen molar-refractivity contribution in [1.82, 2.24) is 0 Å². The van der Waals surface area contributed by atoms with Crippen molar-refractivity contribution in [3.8, 4) is 5.75 Å². The van der Waals surface area contributed by atoms with Crippen molar-refractivity contribution < 1.29 is 13.9 Å². The summed E-state index contributed by atoms with van der Waals surface area (Å²) in [6.07, 6.45) is 8.44. The molecule has 0 amide bonds. The zero-order valence-electron chi connectivity index (χ0n) is 16.3. The van der Waals surface area contributed by atoms with Gasteiger partial charge in [-0.1, -0.05) is 50.9 Å². The van der Waals surface area contributed by atoms with Gasteiger partial charge >= 0.3 is 5.97 Å². The van der Waals surface area contributed by atoms with Gasteiger partial charge < -0.3 is 4.74 Å². The number of rotatable bonds is 5. The van der Waals surface area contributed by atoms with Crippen LogP contribution in [0.3, 0.4) is 0 Å². The highest BCUT2D eigenvalue weighted by Crippen LogP contribution is 2.44. The lowest BCUT2D eigenvalue weighted by atomic mass is 9.74. The van der Waals surface area contributed by atoms with Gasteiger partial charge in [0.25, 0.3) is 0 Å². The van der Waals surface area contributed by atoms with E-state index in [0.717, 1.165) is 24.7 Å². The average molecular weight is 377 g/mol. The van der Waals surface area contributed by atoms with E-state index in [4.69, 9.17) is 4.74 Å². The molecule has 1 heterocycles. The molecule has 1 aliphatic carbocycles. The predicted molar refractivity (Wildman–Crippen MR) is 107 cm³/mol. The maximum atomic E-state index is 13.0. The maximum absolute atomic E-state index is 13.0. The molecule has 1 aliphatic heterocycles. The second-order valence-corrected chi connectivity index (χ2v) is 14.0. The van der Waals surface area contributed by atoms with Gasteiger partial charge in [-0.2, -0.15) is 0 Å². The Balaban J connectivity index is 1.44. The monoisotopic (exact) mass is 376 g/mol. The summed E-state index contributed by atoms with van der Waals surface area (Å²) in [6.45, 7) is 4.94. The van der Waals surface area contributed by atoms with E-state index in [9.17, 15) is 9.18 Å². The summed E-state index contributed by atoms with van der Waals surface area (Å²) in [5.74, 6) is 1.72. The van der Waals surface area contributed by atoms with Crippen molar-refractivity contribution >= 4 is 14.0 Å². The number of halogens is 1. The summed E-state index contributed by atoms with van der Waals surface area (Å²) in [5, 5.41) is 0. The fraction of sp³-hybridized carbons (Fsp3) is 0.682. The van der Waals surface area contributed by atoms with E-state index >= 15 is 0 Å². The molecule has 2 nitrogen and oxygen atoms in total. The fourth-order valence-electron chi connectivity index (χ4n) is 5.19. The van der Waals surface area contributed by atoms with Gasteiger partial charge in [0.2, 0.25) is 0 Å². The largest absolute Gasteiger partial charge is 0.426 e. The zero-order chi connectivity index (χ0) is 18.6. The van der Waals surface area contributed by atoms with Gasteiger partial charge in [-0.25, -0.2) is 4.39 Å². The molecule has 0 atom stereocenters. The van der Waals surface area contributed by atoms with E-state index in [-0.39, 0.29) is 17.7 Å². The van der Waals surface area contributed by atoms with Crippen molar-refractivity contribution in [2.24, 2.45) is 17.8 Å². The van der Waals surface area contributed by atoms with Crippen LogP contribution >= 0.6 is 0 Å². The van der Waals surface area contributed by atoms with E-state index in [0.29, 0.717) is 5.75 Å². The van der Waals surface area contributed by atoms with Crippen LogP contribution in [0.1, 0.15) is 51.9 Å². The Labute approximate surface area is 158 Å². The van der Waals surface area contributed by atoms with Gasteiger partial charge in [-0.3, -0.25) is 4.79 Å². The third-order valence-electron chi connectivity index (χ3n) is 6.89. The molecule has 1 aromatic carbocycles. The van der Waals surface area contributed by atoms with Crippen molar-refractivity contribution in [1.29, 1.82) is 0 Å². The Bertz CT molecular complexity index is 585. The summed E-state index contributed by atoms with van der Waals surface area (Å²) in [5.41, 5.74) is 0. The maximum Gasteiger partial charge on any atom is 0.314 e. The van der Waals surface area contributed by atoms with Crippen LogP contribution in [0.4, 0.5) is 4.39 Å². The minimum absolute atomic E-state index is 0.0135. The van der Waals surface area contributed by atoms with Gasteiger partial charge in [0.15, 0.2) is 0 Å². The Morgan fingerprint density at radius 1 is 1.04 bits per heavy atom. The molecule has 0 unspecified atom stereocenters. The van der Waals surface area contributed by atoms with Crippen molar-refractivity contribution in [3.05, 3.63) is 30.1 Å². The molecular formula is C22H33FO2Si. The molecule has 0 radical (unpaired) electrons. The molecule has 2 aliphatic rings. The third kappa shape index (κ3) is 4.96. The minimum atomic E-state index is -0.921. The van der Waals surface area contributed by atoms with E-state index < -0.39 is 8.07 Å². The van der Waals surface area contributed by atoms with Gasteiger partial charge in [0.1, 0.15) is 11.6 Å². The molecule has 0 N–H and O–H groups in total. The second kappa shape index (κ2) is 8.68. The van der Waals surface area contributed by atoms with Gasteiger partial charge in [-0.05, 0) is 61.8 Å². The quantitative estimate of drug-likeness (QED) is 0.336. The lowest BCUT2D eigenvalue weighted by Crippen LogP contribution is -2.37. The van der Waals surface area contributed by atoms with Crippen LogP contribution < -0.4 is 4.74 Å². The second-order valence-electron chi connectivity index (χ2n) is 8.88. The lowest BCUT2D eigenvalue weighted by molar-refractivity contribution is -0.140. The first kappa shape index (κ1) is 19.6. The van der Waals surface area contributed by atoms with Crippen LogP contribution in [-0.4, -0.2) is 14.0 Å². The topological polar surface area (TPSA) is 26.3 Å². The number of esters is 1. The summed E-state index contributed by atoms with van der Waals surface area (Å²) >= 11 is 0. The van der Waals surface area contributed by atoms with Crippen LogP contribution in [0.2, 0.25) is 24.7 Å². The van der Waals surface area contributed by atoms with Crippen LogP contribution in [0, 0.1) is 23.6 Å². The Morgan fingerprint density at radius 2 is 1.62 bits per heavy atom. The van der Waals surface area contributed by atoms with Crippen LogP contribution in [0.25, 0.3) is 0 Å². The molecule has 4 heteroatoms. The molecule has 1 saturated carbocycles. The molecule has 0 bridgehead atoms. The highest BCUT2D eigenvalue weighted by molar-refractivity contribution is 6.78. The van der Waals surface area contributed by atoms with Crippen LogP contribution in [-0.2, 0) is 4.79 Å². The molecule has 1 aromatic rings. The highest BCUT2D eigenvalue weighted by atomic mass is 28.3. The summed E-state index contributed by atoms with van der Waals surface area (Å²) in [4.78, 5) is 12.4. The zero-order valence-corrected chi connectivity index (χ0v) is 17.3. The third-order valence-corrected chi connectivity index (χ3v) is 11.6. The van der Waals surface area contributed by atoms with E-state index in [1.807, 2.05) is 0 Å². The first-order valence-corrected chi connectivity index (χ1v) is 13.6. The number of hydrogen-bond donors (Lipinski definition) is 0. The molecule has 3 rings (SSSR count). The standard InChI is InChI=1S/C22H33FO2Si/c1-3-14-26(2)15-12-18(13-16-26)17-4-6-19(7-5-17)22(24)25-21-10-8-20(23)9-11-21/h8-11,17-19H,3-7,12-16H2,1-2H3. The smallest absolute Gasteiger partial charge is 0.314 e. The lowest BCUT2D eigenvalue weighted by Gasteiger charge is -2.41. The van der Waals surface area contributed by atoms with Gasteiger partial charge in [0, 0.05) is 0 Å². The van der Waals surface area contributed by atoms with E-state index in [1.165, 1.54) is 74.5 Å². The van der Waals surface area contributed by atoms with Crippen molar-refractivity contribution in [2.75, 3.05) is 0 Å². The molecule has 2 fully saturated rings. The van der Waals surface area contributed by atoms with Gasteiger partial charge in [-0.15, -0.1) is 0 Å². The van der Waals surface area contributed by atoms with Crippen LogP contribution in [0.15, 0.2) is 24.3 Å². The SMILES string of the molecule is CCC[Si]1(C)CCC(C2CCC(C(=O)Oc3ccc(F)cc3)CC2)CC1. The fourth-order valence-corrected chi connectivity index (χ4v) is 9.28. The number of carbonyl (C=O) groups excluding carboxylic acids is 1. The first-order valence-electron chi connectivity index (χ1n) is 10.5. The Kier molecular flexibility index (Phi) is 6.54. The molecule has 0 aromatic heterocycles. The predicted octanol–water partition coefficient (Wildman–Crippen LogP) is 6.44. The highest BCUT2D eigenvalue weighted by Gasteiger charge is 2.37.